The van der Waals surface area contributed by atoms with Crippen LogP contribution >= 0.6 is 12.0 Å². The number of rotatable bonds is 10. The Kier molecular flexibility index (Phi) is 8.53. The van der Waals surface area contributed by atoms with E-state index in [-0.39, 0.29) is 34.8 Å². The summed E-state index contributed by atoms with van der Waals surface area (Å²) in [5.74, 6) is -1.23. The van der Waals surface area contributed by atoms with Gasteiger partial charge in [0, 0.05) is 23.3 Å². The summed E-state index contributed by atoms with van der Waals surface area (Å²) in [7, 11) is -4.95. The van der Waals surface area contributed by atoms with E-state index < -0.39 is 21.0 Å². The van der Waals surface area contributed by atoms with E-state index in [0.717, 1.165) is 6.07 Å². The third-order valence-corrected chi connectivity index (χ3v) is 5.48. The summed E-state index contributed by atoms with van der Waals surface area (Å²) in [6.45, 7) is 3.42. The zero-order valence-electron chi connectivity index (χ0n) is 16.1. The predicted molar refractivity (Wildman–Crippen MR) is 103 cm³/mol. The molecule has 0 unspecified atom stereocenters. The summed E-state index contributed by atoms with van der Waals surface area (Å²) in [6, 6.07) is 8.25. The zero-order chi connectivity index (χ0) is 22.3. The fraction of sp³-hybridized carbons (Fsp3) is 0.263. The Morgan fingerprint density at radius 3 is 2.33 bits per heavy atom. The van der Waals surface area contributed by atoms with E-state index in [4.69, 9.17) is 4.74 Å². The predicted octanol–water partition coefficient (Wildman–Crippen LogP) is 2.79. The fourth-order valence-corrected chi connectivity index (χ4v) is 3.76. The van der Waals surface area contributed by atoms with Crippen molar-refractivity contribution in [2.45, 2.75) is 42.9 Å². The molecule has 30 heavy (non-hydrogen) atoms. The van der Waals surface area contributed by atoms with Gasteiger partial charge in [-0.1, -0.05) is 26.0 Å². The molecule has 0 bridgehead atoms. The average molecular weight is 454 g/mol. The van der Waals surface area contributed by atoms with E-state index in [1.807, 2.05) is 0 Å². The molecule has 0 aliphatic carbocycles. The van der Waals surface area contributed by atoms with Crippen LogP contribution in [0.4, 0.5) is 0 Å². The molecule has 0 saturated heterocycles. The van der Waals surface area contributed by atoms with Gasteiger partial charge in [0.2, 0.25) is 0 Å². The average Bonchev–Trinajstić information content (AvgIpc) is 2.71. The molecule has 0 atom stereocenters. The molecule has 11 heteroatoms. The number of carbonyl (C=O) groups is 2. The number of hydrogen-bond donors (Lipinski definition) is 0. The van der Waals surface area contributed by atoms with Gasteiger partial charge in [0.1, 0.15) is 15.9 Å². The van der Waals surface area contributed by atoms with E-state index in [9.17, 15) is 27.8 Å². The van der Waals surface area contributed by atoms with Gasteiger partial charge < -0.3 is 14.5 Å². The van der Waals surface area contributed by atoms with Crippen molar-refractivity contribution < 1.29 is 41.9 Å². The lowest BCUT2D eigenvalue weighted by molar-refractivity contribution is -0.777. The summed E-state index contributed by atoms with van der Waals surface area (Å²) in [5, 5.41) is 13.5. The number of ketones is 1. The molecule has 2 aromatic rings. The maximum Gasteiger partial charge on any atom is 0.311 e. The molecule has 0 saturated carbocycles. The number of esters is 1. The first-order valence-corrected chi connectivity index (χ1v) is 11.0. The minimum Gasteiger partial charge on any atom is -0.744 e. The Hall–Kier alpha value is -2.28. The van der Waals surface area contributed by atoms with Gasteiger partial charge in [-0.05, 0) is 41.8 Å². The van der Waals surface area contributed by atoms with Crippen molar-refractivity contribution in [1.82, 2.24) is 0 Å². The zero-order valence-corrected chi connectivity index (χ0v) is 17.7. The van der Waals surface area contributed by atoms with Gasteiger partial charge in [0.05, 0.1) is 16.9 Å². The molecule has 2 rings (SSSR count). The van der Waals surface area contributed by atoms with Gasteiger partial charge in [0.25, 0.3) is 0 Å². The number of hydrogen-bond acceptors (Lipinski definition) is 10. The van der Waals surface area contributed by atoms with Crippen molar-refractivity contribution in [3.8, 4) is 16.9 Å². The van der Waals surface area contributed by atoms with Gasteiger partial charge in [-0.15, -0.1) is 0 Å². The summed E-state index contributed by atoms with van der Waals surface area (Å²) in [4.78, 5) is 23.4. The molecule has 162 valence electrons. The Balaban J connectivity index is 2.52. The van der Waals surface area contributed by atoms with Crippen LogP contribution in [-0.2, 0) is 24.3 Å². The minimum atomic E-state index is -4.95. The normalized spacial score (nSPS) is 11.3. The van der Waals surface area contributed by atoms with E-state index in [0.29, 0.717) is 29.6 Å². The van der Waals surface area contributed by atoms with Crippen LogP contribution in [0.5, 0.6) is 5.75 Å². The number of Topliss-reactive ketones (excluding diaryl/α,β-unsaturated/α-hetero) is 1. The second kappa shape index (κ2) is 10.7. The molecule has 0 heterocycles. The number of carbonyl (C=O) groups excluding carboxylic acids is 2. The van der Waals surface area contributed by atoms with E-state index in [1.54, 1.807) is 19.9 Å². The topological polar surface area (TPSA) is 142 Å². The first kappa shape index (κ1) is 24.0. The van der Waals surface area contributed by atoms with Crippen LogP contribution in [0, 0.1) is 0 Å². The van der Waals surface area contributed by atoms with Crippen LogP contribution in [0.15, 0.2) is 46.2 Å². The molecule has 0 radical (unpaired) electrons. The minimum absolute atomic E-state index is 0.0649. The Bertz CT molecular complexity index is 1030. The molecule has 0 fully saturated rings. The highest BCUT2D eigenvalue weighted by atomic mass is 32.2. The summed E-state index contributed by atoms with van der Waals surface area (Å²) in [5.41, 5.74) is 1.01. The fourth-order valence-electron chi connectivity index (χ4n) is 2.59. The van der Waals surface area contributed by atoms with Gasteiger partial charge in [-0.25, -0.2) is 8.42 Å². The van der Waals surface area contributed by atoms with Crippen molar-refractivity contribution in [2.75, 3.05) is 0 Å². The molecule has 0 aromatic heterocycles. The standard InChI is InChI=1S/C19H20O9S2/c1-3-5-19(21)26-16-9-7-13(11-18(16)30(23,24)25)12-6-8-14(15(20)4-2)17(10-12)29-28-27-22/h6-11,22H,3-5H2,1-2H3,(H,23,24,25)/p-2. The molecule has 2 aromatic carbocycles. The second-order valence-electron chi connectivity index (χ2n) is 6.05. The van der Waals surface area contributed by atoms with Crippen molar-refractivity contribution >= 4 is 33.9 Å². The van der Waals surface area contributed by atoms with Gasteiger partial charge in [-0.3, -0.25) is 14.6 Å². The molecule has 0 N–H and O–H groups in total. The largest absolute Gasteiger partial charge is 0.744 e. The number of benzene rings is 2. The smallest absolute Gasteiger partial charge is 0.311 e. The third-order valence-electron chi connectivity index (χ3n) is 3.98. The molecule has 0 amide bonds. The summed E-state index contributed by atoms with van der Waals surface area (Å²) in [6.07, 6.45) is 0.770. The SMILES string of the molecule is CCCC(=O)Oc1ccc(-c2ccc(C(=O)CC)c(SOO[O-])c2)cc1S(=O)(=O)[O-]. The van der Waals surface area contributed by atoms with Crippen LogP contribution < -0.4 is 9.99 Å². The van der Waals surface area contributed by atoms with Crippen LogP contribution in [-0.4, -0.2) is 24.7 Å². The second-order valence-corrected chi connectivity index (χ2v) is 8.14. The quantitative estimate of drug-likeness (QED) is 0.1000. The molecular weight excluding hydrogens is 436 g/mol. The highest BCUT2D eigenvalue weighted by Gasteiger charge is 2.17. The molecule has 0 spiro atoms. The van der Waals surface area contributed by atoms with Crippen molar-refractivity contribution in [2.24, 2.45) is 0 Å². The lowest BCUT2D eigenvalue weighted by atomic mass is 10.0. The maximum atomic E-state index is 12.1. The summed E-state index contributed by atoms with van der Waals surface area (Å²) >= 11 is 0.521. The molecule has 9 nitrogen and oxygen atoms in total. The summed E-state index contributed by atoms with van der Waals surface area (Å²) < 4.78 is 44.4. The Labute approximate surface area is 177 Å². The molecule has 0 aliphatic rings. The highest BCUT2D eigenvalue weighted by Crippen LogP contribution is 2.34. The Morgan fingerprint density at radius 2 is 1.73 bits per heavy atom. The monoisotopic (exact) mass is 454 g/mol. The van der Waals surface area contributed by atoms with Crippen molar-refractivity contribution in [1.29, 1.82) is 0 Å². The van der Waals surface area contributed by atoms with Crippen LogP contribution in [0.3, 0.4) is 0 Å². The van der Waals surface area contributed by atoms with Crippen LogP contribution in [0.2, 0.25) is 0 Å². The van der Waals surface area contributed by atoms with E-state index in [2.05, 4.69) is 9.37 Å². The van der Waals surface area contributed by atoms with Gasteiger partial charge in [0.15, 0.2) is 5.78 Å². The van der Waals surface area contributed by atoms with Crippen molar-refractivity contribution in [3.63, 3.8) is 0 Å². The first-order valence-electron chi connectivity index (χ1n) is 8.82. The first-order chi connectivity index (χ1) is 14.2. The van der Waals surface area contributed by atoms with Crippen LogP contribution in [0.1, 0.15) is 43.5 Å². The van der Waals surface area contributed by atoms with E-state index >= 15 is 0 Å². The molecule has 0 aliphatic heterocycles. The van der Waals surface area contributed by atoms with Crippen molar-refractivity contribution in [3.05, 3.63) is 42.0 Å². The van der Waals surface area contributed by atoms with Gasteiger partial charge >= 0.3 is 5.97 Å². The lowest BCUT2D eigenvalue weighted by Gasteiger charge is -2.15. The van der Waals surface area contributed by atoms with Crippen LogP contribution in [0.25, 0.3) is 11.1 Å². The number of ether oxygens (including phenoxy) is 1. The van der Waals surface area contributed by atoms with Gasteiger partial charge in [-0.2, -0.15) is 4.33 Å². The van der Waals surface area contributed by atoms with E-state index in [1.165, 1.54) is 24.3 Å². The highest BCUT2D eigenvalue weighted by molar-refractivity contribution is 7.94. The lowest BCUT2D eigenvalue weighted by Crippen LogP contribution is -2.11. The third kappa shape index (κ3) is 6.11. The Morgan fingerprint density at radius 1 is 1.07 bits per heavy atom. The molecular formula is C19H18O9S2-2. The maximum absolute atomic E-state index is 12.1.